The van der Waals surface area contributed by atoms with Gasteiger partial charge in [-0.05, 0) is 37.7 Å². The van der Waals surface area contributed by atoms with Crippen LogP contribution >= 0.6 is 0 Å². The van der Waals surface area contributed by atoms with Gasteiger partial charge >= 0.3 is 0 Å². The lowest BCUT2D eigenvalue weighted by Gasteiger charge is -2.22. The number of nitrogens with zero attached hydrogens (tertiary/aromatic N) is 1. The van der Waals surface area contributed by atoms with Crippen LogP contribution in [0.1, 0.15) is 6.42 Å². The Labute approximate surface area is 102 Å². The van der Waals surface area contributed by atoms with Crippen molar-refractivity contribution < 1.29 is 9.13 Å². The van der Waals surface area contributed by atoms with Gasteiger partial charge in [0, 0.05) is 31.4 Å². The summed E-state index contributed by atoms with van der Waals surface area (Å²) < 4.78 is 18.0. The second-order valence-electron chi connectivity index (χ2n) is 4.43. The van der Waals surface area contributed by atoms with E-state index in [1.807, 2.05) is 0 Å². The van der Waals surface area contributed by atoms with E-state index in [2.05, 4.69) is 17.3 Å². The number of ether oxygens (including phenoxy) is 1. The minimum absolute atomic E-state index is 0.198. The van der Waals surface area contributed by atoms with Gasteiger partial charge in [0.15, 0.2) is 0 Å². The Morgan fingerprint density at radius 1 is 1.41 bits per heavy atom. The van der Waals surface area contributed by atoms with Gasteiger partial charge < -0.3 is 10.1 Å². The molecule has 1 heterocycles. The summed E-state index contributed by atoms with van der Waals surface area (Å²) >= 11 is 0. The summed E-state index contributed by atoms with van der Waals surface area (Å²) in [6, 6.07) is 7.00. The predicted molar refractivity (Wildman–Crippen MR) is 66.7 cm³/mol. The average Bonchev–Trinajstić information content (AvgIpc) is 2.85. The van der Waals surface area contributed by atoms with Crippen LogP contribution in [0.4, 0.5) is 10.1 Å². The van der Waals surface area contributed by atoms with E-state index in [1.54, 1.807) is 12.1 Å². The highest BCUT2D eigenvalue weighted by Crippen LogP contribution is 2.11. The van der Waals surface area contributed by atoms with Gasteiger partial charge in [-0.1, -0.05) is 0 Å². The maximum Gasteiger partial charge on any atom is 0.123 e. The molecule has 4 heteroatoms. The van der Waals surface area contributed by atoms with Crippen LogP contribution in [0.3, 0.4) is 0 Å². The standard InChI is InChI=1S/C13H19FN2O/c1-16(13-6-9-17-10-13)8-7-15-12-4-2-11(14)3-5-12/h2-5,13,15H,6-10H2,1H3. The van der Waals surface area contributed by atoms with Crippen LogP contribution in [0.15, 0.2) is 24.3 Å². The number of nitrogens with one attached hydrogen (secondary N) is 1. The normalized spacial score (nSPS) is 19.8. The Bertz CT molecular complexity index is 336. The van der Waals surface area contributed by atoms with Crippen LogP contribution in [0.25, 0.3) is 0 Å². The summed E-state index contributed by atoms with van der Waals surface area (Å²) in [6.45, 7) is 3.54. The van der Waals surface area contributed by atoms with E-state index in [0.717, 1.165) is 38.4 Å². The highest BCUT2D eigenvalue weighted by atomic mass is 19.1. The Hall–Kier alpha value is -1.13. The van der Waals surface area contributed by atoms with Crippen molar-refractivity contribution >= 4 is 5.69 Å². The monoisotopic (exact) mass is 238 g/mol. The molecule has 3 nitrogen and oxygen atoms in total. The van der Waals surface area contributed by atoms with Crippen molar-refractivity contribution in [1.29, 1.82) is 0 Å². The number of benzene rings is 1. The maximum absolute atomic E-state index is 12.7. The topological polar surface area (TPSA) is 24.5 Å². The maximum atomic E-state index is 12.7. The molecular weight excluding hydrogens is 219 g/mol. The van der Waals surface area contributed by atoms with E-state index >= 15 is 0 Å². The molecule has 17 heavy (non-hydrogen) atoms. The molecule has 1 fully saturated rings. The summed E-state index contributed by atoms with van der Waals surface area (Å²) in [5.41, 5.74) is 0.961. The van der Waals surface area contributed by atoms with Gasteiger partial charge in [0.05, 0.1) is 6.61 Å². The fourth-order valence-electron chi connectivity index (χ4n) is 2.00. The second-order valence-corrected chi connectivity index (χ2v) is 4.43. The molecule has 0 spiro atoms. The van der Waals surface area contributed by atoms with Crippen LogP contribution in [-0.2, 0) is 4.74 Å². The summed E-state index contributed by atoms with van der Waals surface area (Å²) in [4.78, 5) is 2.31. The molecule has 94 valence electrons. The van der Waals surface area contributed by atoms with E-state index in [4.69, 9.17) is 4.74 Å². The molecule has 1 aliphatic rings. The van der Waals surface area contributed by atoms with E-state index in [-0.39, 0.29) is 5.82 Å². The van der Waals surface area contributed by atoms with Crippen molar-refractivity contribution in [3.8, 4) is 0 Å². The third kappa shape index (κ3) is 3.68. The first kappa shape index (κ1) is 12.3. The molecule has 1 aromatic rings. The first-order chi connectivity index (χ1) is 8.25. The predicted octanol–water partition coefficient (Wildman–Crippen LogP) is 1.96. The van der Waals surface area contributed by atoms with Gasteiger partial charge in [0.25, 0.3) is 0 Å². The quantitative estimate of drug-likeness (QED) is 0.848. The summed E-state index contributed by atoms with van der Waals surface area (Å²) in [5.74, 6) is -0.198. The minimum atomic E-state index is -0.198. The van der Waals surface area contributed by atoms with Crippen molar-refractivity contribution in [2.45, 2.75) is 12.5 Å². The minimum Gasteiger partial charge on any atom is -0.384 e. The van der Waals surface area contributed by atoms with E-state index in [1.165, 1.54) is 12.1 Å². The van der Waals surface area contributed by atoms with Gasteiger partial charge in [-0.25, -0.2) is 4.39 Å². The highest BCUT2D eigenvalue weighted by molar-refractivity contribution is 5.42. The van der Waals surface area contributed by atoms with Gasteiger partial charge in [-0.3, -0.25) is 4.90 Å². The van der Waals surface area contributed by atoms with E-state index < -0.39 is 0 Å². The zero-order valence-electron chi connectivity index (χ0n) is 10.2. The van der Waals surface area contributed by atoms with Crippen LogP contribution in [0, 0.1) is 5.82 Å². The Morgan fingerprint density at radius 3 is 2.82 bits per heavy atom. The number of rotatable bonds is 5. The van der Waals surface area contributed by atoms with Crippen molar-refractivity contribution in [2.75, 3.05) is 38.7 Å². The van der Waals surface area contributed by atoms with Crippen molar-refractivity contribution in [2.24, 2.45) is 0 Å². The molecule has 1 atom stereocenters. The van der Waals surface area contributed by atoms with Crippen molar-refractivity contribution in [1.82, 2.24) is 4.90 Å². The largest absolute Gasteiger partial charge is 0.384 e. The van der Waals surface area contributed by atoms with Crippen LogP contribution < -0.4 is 5.32 Å². The highest BCUT2D eigenvalue weighted by Gasteiger charge is 2.19. The molecule has 0 saturated carbocycles. The molecule has 1 N–H and O–H groups in total. The first-order valence-corrected chi connectivity index (χ1v) is 6.03. The zero-order valence-corrected chi connectivity index (χ0v) is 10.2. The molecule has 1 aliphatic heterocycles. The summed E-state index contributed by atoms with van der Waals surface area (Å²) in [5, 5.41) is 3.28. The molecule has 1 saturated heterocycles. The Kier molecular flexibility index (Phi) is 4.34. The number of hydrogen-bond donors (Lipinski definition) is 1. The second kappa shape index (κ2) is 5.98. The van der Waals surface area contributed by atoms with E-state index in [0.29, 0.717) is 6.04 Å². The molecule has 1 aromatic carbocycles. The van der Waals surface area contributed by atoms with Gasteiger partial charge in [-0.15, -0.1) is 0 Å². The third-order valence-corrected chi connectivity index (χ3v) is 3.17. The fraction of sp³-hybridized carbons (Fsp3) is 0.538. The lowest BCUT2D eigenvalue weighted by atomic mass is 10.2. The molecule has 0 aromatic heterocycles. The van der Waals surface area contributed by atoms with Crippen LogP contribution in [0.5, 0.6) is 0 Å². The third-order valence-electron chi connectivity index (χ3n) is 3.17. The lowest BCUT2D eigenvalue weighted by molar-refractivity contribution is 0.161. The number of hydrogen-bond acceptors (Lipinski definition) is 3. The average molecular weight is 238 g/mol. The summed E-state index contributed by atoms with van der Waals surface area (Å²) in [7, 11) is 2.12. The lowest BCUT2D eigenvalue weighted by Crippen LogP contribution is -2.35. The first-order valence-electron chi connectivity index (χ1n) is 6.03. The van der Waals surface area contributed by atoms with E-state index in [9.17, 15) is 4.39 Å². The van der Waals surface area contributed by atoms with Gasteiger partial charge in [-0.2, -0.15) is 0 Å². The smallest absolute Gasteiger partial charge is 0.123 e. The fourth-order valence-corrected chi connectivity index (χ4v) is 2.00. The Morgan fingerprint density at radius 2 is 2.18 bits per heavy atom. The molecule has 0 radical (unpaired) electrons. The SMILES string of the molecule is CN(CCNc1ccc(F)cc1)C1CCOC1. The molecule has 1 unspecified atom stereocenters. The van der Waals surface area contributed by atoms with Gasteiger partial charge in [0.2, 0.25) is 0 Å². The molecule has 2 rings (SSSR count). The van der Waals surface area contributed by atoms with Crippen molar-refractivity contribution in [3.63, 3.8) is 0 Å². The number of likely N-dealkylation sites (N-methyl/N-ethyl adjacent to an activating group) is 1. The zero-order chi connectivity index (χ0) is 12.1. The van der Waals surface area contributed by atoms with Crippen molar-refractivity contribution in [3.05, 3.63) is 30.1 Å². The molecule has 0 amide bonds. The number of halogens is 1. The Balaban J connectivity index is 1.70. The molecule has 0 aliphatic carbocycles. The molecular formula is C13H19FN2O. The molecule has 0 bridgehead atoms. The van der Waals surface area contributed by atoms with Crippen LogP contribution in [-0.4, -0.2) is 44.3 Å². The summed E-state index contributed by atoms with van der Waals surface area (Å²) in [6.07, 6.45) is 1.12. The number of anilines is 1. The van der Waals surface area contributed by atoms with Gasteiger partial charge in [0.1, 0.15) is 5.82 Å². The van der Waals surface area contributed by atoms with Crippen LogP contribution in [0.2, 0.25) is 0 Å².